The van der Waals surface area contributed by atoms with Gasteiger partial charge in [-0.15, -0.1) is 0 Å². The van der Waals surface area contributed by atoms with E-state index in [1.165, 1.54) is 0 Å². The molecule has 148 valence electrons. The molecule has 1 saturated heterocycles. The Morgan fingerprint density at radius 3 is 2.97 bits per heavy atom. The van der Waals surface area contributed by atoms with E-state index in [4.69, 9.17) is 16.3 Å². The van der Waals surface area contributed by atoms with Crippen molar-refractivity contribution in [1.29, 1.82) is 0 Å². The average Bonchev–Trinajstić information content (AvgIpc) is 3.43. The molecule has 3 aromatic rings. The zero-order valence-electron chi connectivity index (χ0n) is 15.6. The fourth-order valence-corrected chi connectivity index (χ4v) is 4.33. The molecule has 2 aliphatic rings. The van der Waals surface area contributed by atoms with Crippen molar-refractivity contribution < 1.29 is 14.3 Å². The number of aromatic nitrogens is 1. The fourth-order valence-electron chi connectivity index (χ4n) is 4.09. The third-order valence-corrected chi connectivity index (χ3v) is 5.76. The zero-order valence-corrected chi connectivity index (χ0v) is 16.4. The van der Waals surface area contributed by atoms with Crippen LogP contribution < -0.4 is 15.4 Å². The summed E-state index contributed by atoms with van der Waals surface area (Å²) in [5.74, 6) is 0.581. The normalized spacial score (nSPS) is 20.4. The Morgan fingerprint density at radius 1 is 1.24 bits per heavy atom. The molecule has 3 heterocycles. The number of amides is 2. The Morgan fingerprint density at radius 2 is 2.14 bits per heavy atom. The number of carbonyl (C=O) groups excluding carboxylic acids is 2. The molecule has 0 radical (unpaired) electrons. The van der Waals surface area contributed by atoms with Crippen LogP contribution in [0.5, 0.6) is 5.75 Å². The number of fused-ring (bicyclic) bond motifs is 2. The number of nitrogens with one attached hydrogen (secondary N) is 3. The Hall–Kier alpha value is -2.99. The minimum Gasteiger partial charge on any atom is -0.487 e. The summed E-state index contributed by atoms with van der Waals surface area (Å²) in [6, 6.07) is 11.6. The van der Waals surface area contributed by atoms with Crippen LogP contribution in [0.2, 0.25) is 5.02 Å². The van der Waals surface area contributed by atoms with E-state index in [9.17, 15) is 9.59 Å². The van der Waals surface area contributed by atoms with Gasteiger partial charge in [-0.25, -0.2) is 0 Å². The number of benzene rings is 2. The zero-order chi connectivity index (χ0) is 20.0. The molecule has 2 aromatic carbocycles. The van der Waals surface area contributed by atoms with Gasteiger partial charge < -0.3 is 20.4 Å². The van der Waals surface area contributed by atoms with Gasteiger partial charge in [0.15, 0.2) is 0 Å². The number of ether oxygens (including phenoxy) is 1. The number of H-pyrrole nitrogens is 1. The number of hydrogen-bond donors (Lipinski definition) is 3. The lowest BCUT2D eigenvalue weighted by molar-refractivity contribution is -0.126. The molecule has 0 saturated carbocycles. The predicted octanol–water partition coefficient (Wildman–Crippen LogP) is 3.19. The van der Waals surface area contributed by atoms with Gasteiger partial charge in [0, 0.05) is 40.7 Å². The van der Waals surface area contributed by atoms with E-state index < -0.39 is 6.04 Å². The number of rotatable bonds is 4. The van der Waals surface area contributed by atoms with Crippen LogP contribution in [0.15, 0.2) is 42.6 Å². The van der Waals surface area contributed by atoms with Gasteiger partial charge in [0.2, 0.25) is 11.8 Å². The Balaban J connectivity index is 1.34. The van der Waals surface area contributed by atoms with Crippen LogP contribution >= 0.6 is 11.6 Å². The minimum atomic E-state index is -0.440. The van der Waals surface area contributed by atoms with Crippen molar-refractivity contribution in [2.45, 2.75) is 31.4 Å². The summed E-state index contributed by atoms with van der Waals surface area (Å²) >= 11 is 6.38. The van der Waals surface area contributed by atoms with E-state index in [1.54, 1.807) is 0 Å². The molecule has 0 spiro atoms. The number of aromatic amines is 1. The van der Waals surface area contributed by atoms with Gasteiger partial charge in [-0.3, -0.25) is 9.59 Å². The standard InChI is InChI=1S/C22H20ClN3O3/c23-15-8-14-9-16(11-25-22(28)19-3-4-20(27)26-19)29-21(14)17(10-15)12-1-2-18-13(7-12)5-6-24-18/h1-2,5-8,10,16,19,24H,3-4,9,11H2,(H,25,28)(H,26,27)/t16-,19+/m1/s1. The molecule has 29 heavy (non-hydrogen) atoms. The van der Waals surface area contributed by atoms with Gasteiger partial charge in [0.25, 0.3) is 0 Å². The summed E-state index contributed by atoms with van der Waals surface area (Å²) in [6.07, 6.45) is 3.36. The summed E-state index contributed by atoms with van der Waals surface area (Å²) in [6.45, 7) is 0.383. The molecular weight excluding hydrogens is 390 g/mol. The third kappa shape index (κ3) is 3.44. The highest BCUT2D eigenvalue weighted by atomic mass is 35.5. The number of carbonyl (C=O) groups is 2. The van der Waals surface area contributed by atoms with E-state index in [0.717, 1.165) is 33.3 Å². The molecule has 1 fully saturated rings. The first-order chi connectivity index (χ1) is 14.1. The molecule has 5 rings (SSSR count). The van der Waals surface area contributed by atoms with Crippen molar-refractivity contribution in [3.05, 3.63) is 53.2 Å². The smallest absolute Gasteiger partial charge is 0.242 e. The highest BCUT2D eigenvalue weighted by molar-refractivity contribution is 6.31. The molecule has 0 aliphatic carbocycles. The first-order valence-electron chi connectivity index (χ1n) is 9.70. The lowest BCUT2D eigenvalue weighted by atomic mass is 9.99. The SMILES string of the molecule is O=C1CC[C@@H](C(=O)NC[C@H]2Cc3cc(Cl)cc(-c4ccc5[nH]ccc5c4)c3O2)N1. The highest BCUT2D eigenvalue weighted by Crippen LogP contribution is 2.41. The van der Waals surface area contributed by atoms with Crippen LogP contribution in [0, 0.1) is 0 Å². The molecule has 0 bridgehead atoms. The van der Waals surface area contributed by atoms with Crippen LogP contribution in [0.3, 0.4) is 0 Å². The van der Waals surface area contributed by atoms with E-state index in [0.29, 0.717) is 30.8 Å². The third-order valence-electron chi connectivity index (χ3n) is 5.54. The number of hydrogen-bond acceptors (Lipinski definition) is 3. The van der Waals surface area contributed by atoms with Gasteiger partial charge >= 0.3 is 0 Å². The summed E-state index contributed by atoms with van der Waals surface area (Å²) in [4.78, 5) is 26.8. The van der Waals surface area contributed by atoms with Crippen LogP contribution in [-0.2, 0) is 16.0 Å². The van der Waals surface area contributed by atoms with E-state index >= 15 is 0 Å². The molecule has 2 amide bonds. The van der Waals surface area contributed by atoms with Crippen molar-refractivity contribution in [2.75, 3.05) is 6.54 Å². The minimum absolute atomic E-state index is 0.0756. The van der Waals surface area contributed by atoms with Crippen LogP contribution in [-0.4, -0.2) is 35.5 Å². The lowest BCUT2D eigenvalue weighted by Gasteiger charge is -2.16. The molecule has 3 N–H and O–H groups in total. The Kier molecular flexibility index (Phi) is 4.43. The van der Waals surface area contributed by atoms with Crippen molar-refractivity contribution in [3.8, 4) is 16.9 Å². The first kappa shape index (κ1) is 18.1. The molecule has 2 aliphatic heterocycles. The second-order valence-corrected chi connectivity index (χ2v) is 8.01. The molecule has 7 heteroatoms. The summed E-state index contributed by atoms with van der Waals surface area (Å²) in [5, 5.41) is 7.37. The van der Waals surface area contributed by atoms with Crippen molar-refractivity contribution in [1.82, 2.24) is 15.6 Å². The maximum Gasteiger partial charge on any atom is 0.242 e. The van der Waals surface area contributed by atoms with Gasteiger partial charge in [-0.2, -0.15) is 0 Å². The summed E-state index contributed by atoms with van der Waals surface area (Å²) < 4.78 is 6.21. The van der Waals surface area contributed by atoms with Crippen LogP contribution in [0.25, 0.3) is 22.0 Å². The highest BCUT2D eigenvalue weighted by Gasteiger charge is 2.30. The quantitative estimate of drug-likeness (QED) is 0.618. The van der Waals surface area contributed by atoms with E-state index in [1.807, 2.05) is 36.5 Å². The summed E-state index contributed by atoms with van der Waals surface area (Å²) in [5.41, 5.74) is 4.10. The second kappa shape index (κ2) is 7.12. The lowest BCUT2D eigenvalue weighted by Crippen LogP contribution is -2.44. The van der Waals surface area contributed by atoms with Gasteiger partial charge in [-0.05, 0) is 47.7 Å². The van der Waals surface area contributed by atoms with Crippen molar-refractivity contribution in [2.24, 2.45) is 0 Å². The van der Waals surface area contributed by atoms with Crippen LogP contribution in [0.4, 0.5) is 0 Å². The van der Waals surface area contributed by atoms with Crippen molar-refractivity contribution in [3.63, 3.8) is 0 Å². The molecule has 0 unspecified atom stereocenters. The fraction of sp³-hybridized carbons (Fsp3) is 0.273. The monoisotopic (exact) mass is 409 g/mol. The van der Waals surface area contributed by atoms with Gasteiger partial charge in [0.05, 0.1) is 6.54 Å². The van der Waals surface area contributed by atoms with E-state index in [-0.39, 0.29) is 17.9 Å². The molecule has 6 nitrogen and oxygen atoms in total. The van der Waals surface area contributed by atoms with Gasteiger partial charge in [0.1, 0.15) is 17.9 Å². The van der Waals surface area contributed by atoms with Crippen molar-refractivity contribution >= 4 is 34.3 Å². The topological polar surface area (TPSA) is 83.2 Å². The molecule has 1 aromatic heterocycles. The Bertz CT molecular complexity index is 1120. The maximum absolute atomic E-state index is 12.3. The second-order valence-electron chi connectivity index (χ2n) is 7.57. The predicted molar refractivity (Wildman–Crippen MR) is 111 cm³/mol. The van der Waals surface area contributed by atoms with E-state index in [2.05, 4.69) is 21.7 Å². The Labute approximate surface area is 172 Å². The molecule has 2 atom stereocenters. The average molecular weight is 410 g/mol. The van der Waals surface area contributed by atoms with Gasteiger partial charge in [-0.1, -0.05) is 17.7 Å². The molecular formula is C22H20ClN3O3. The first-order valence-corrected chi connectivity index (χ1v) is 10.1. The maximum atomic E-state index is 12.3. The summed E-state index contributed by atoms with van der Waals surface area (Å²) in [7, 11) is 0. The largest absolute Gasteiger partial charge is 0.487 e. The van der Waals surface area contributed by atoms with Crippen LogP contribution in [0.1, 0.15) is 18.4 Å². The number of halogens is 1.